The second-order valence-electron chi connectivity index (χ2n) is 10.3. The Balaban J connectivity index is 1.52. The molecule has 2 atom stereocenters. The Morgan fingerprint density at radius 2 is 1.85 bits per heavy atom. The van der Waals surface area contributed by atoms with Crippen molar-refractivity contribution in [1.82, 2.24) is 4.90 Å². The number of ketones is 1. The third-order valence-electron chi connectivity index (χ3n) is 7.38. The number of unbranched alkanes of at least 4 members (excludes halogenated alkanes) is 2. The lowest BCUT2D eigenvalue weighted by molar-refractivity contribution is -0.139. The summed E-state index contributed by atoms with van der Waals surface area (Å²) in [5, 5.41) is 11.5. The number of rotatable bonds is 10. The Hall–Kier alpha value is -4.06. The first kappa shape index (κ1) is 26.5. The lowest BCUT2D eigenvalue weighted by atomic mass is 9.94. The largest absolute Gasteiger partial charge is 0.507 e. The van der Waals surface area contributed by atoms with Crippen LogP contribution >= 0.6 is 0 Å². The van der Waals surface area contributed by atoms with E-state index in [2.05, 4.69) is 6.92 Å². The molecule has 0 aliphatic carbocycles. The van der Waals surface area contributed by atoms with E-state index in [0.29, 0.717) is 30.9 Å². The molecule has 0 unspecified atom stereocenters. The van der Waals surface area contributed by atoms with E-state index in [1.165, 1.54) is 0 Å². The van der Waals surface area contributed by atoms with Gasteiger partial charge in [-0.05, 0) is 66.8 Å². The highest BCUT2D eigenvalue weighted by atomic mass is 16.5. The van der Waals surface area contributed by atoms with E-state index in [0.717, 1.165) is 48.1 Å². The van der Waals surface area contributed by atoms with Gasteiger partial charge >= 0.3 is 0 Å². The molecule has 0 spiro atoms. The van der Waals surface area contributed by atoms with Crippen LogP contribution in [0.25, 0.3) is 5.76 Å². The van der Waals surface area contributed by atoms with E-state index in [1.807, 2.05) is 73.7 Å². The number of carbonyl (C=O) groups excluding carboxylic acids is 2. The number of nitrogens with zero attached hydrogens (tertiary/aromatic N) is 1. The van der Waals surface area contributed by atoms with Crippen LogP contribution in [0.3, 0.4) is 0 Å². The molecule has 2 aliphatic heterocycles. The van der Waals surface area contributed by atoms with Crippen molar-refractivity contribution in [3.8, 4) is 11.5 Å². The lowest BCUT2D eigenvalue weighted by Crippen LogP contribution is -2.31. The number of hydrogen-bond acceptors (Lipinski definition) is 5. The number of aliphatic hydroxyl groups is 1. The van der Waals surface area contributed by atoms with Gasteiger partial charge in [-0.3, -0.25) is 9.59 Å². The molecular weight excluding hydrogens is 490 g/mol. The minimum Gasteiger partial charge on any atom is -0.507 e. The highest BCUT2D eigenvalue weighted by Gasteiger charge is 2.46. The van der Waals surface area contributed by atoms with E-state index < -0.39 is 17.7 Å². The van der Waals surface area contributed by atoms with Gasteiger partial charge in [0, 0.05) is 18.5 Å². The SMILES string of the molecule is CCCCCOc1cccc([C@H]2/C(=C(\O)c3ccc4c(c3)C[C@@H](C)O4)C(=O)C(=O)N2CCc2ccccc2)c1. The molecule has 0 bridgehead atoms. The summed E-state index contributed by atoms with van der Waals surface area (Å²) in [6, 6.07) is 22.1. The van der Waals surface area contributed by atoms with Crippen LogP contribution in [0.5, 0.6) is 11.5 Å². The molecule has 1 fully saturated rings. The molecule has 3 aromatic rings. The van der Waals surface area contributed by atoms with Crippen LogP contribution in [0, 0.1) is 0 Å². The average molecular weight is 526 g/mol. The van der Waals surface area contributed by atoms with Crippen molar-refractivity contribution in [3.05, 3.63) is 101 Å². The molecule has 3 aromatic carbocycles. The molecular formula is C33H35NO5. The number of amides is 1. The zero-order chi connectivity index (χ0) is 27.4. The van der Waals surface area contributed by atoms with Gasteiger partial charge in [0.15, 0.2) is 0 Å². The maximum atomic E-state index is 13.5. The number of fused-ring (bicyclic) bond motifs is 1. The minimum atomic E-state index is -0.726. The molecule has 0 radical (unpaired) electrons. The standard InChI is InChI=1S/C33H35NO5/c1-3-4-8-18-38-27-13-9-12-24(21-27)30-29(31(35)25-14-15-28-26(20-25)19-22(2)39-28)32(36)33(37)34(30)17-16-23-10-6-5-7-11-23/h5-7,9-15,20-22,30,35H,3-4,8,16-19H2,1-2H3/b31-29+/t22-,30+/m1/s1. The fourth-order valence-electron chi connectivity index (χ4n) is 5.39. The van der Waals surface area contributed by atoms with E-state index >= 15 is 0 Å². The van der Waals surface area contributed by atoms with Crippen LogP contribution in [0.1, 0.15) is 61.4 Å². The fraction of sp³-hybridized carbons (Fsp3) is 0.333. The predicted octanol–water partition coefficient (Wildman–Crippen LogP) is 6.24. The van der Waals surface area contributed by atoms with Gasteiger partial charge in [0.1, 0.15) is 23.4 Å². The summed E-state index contributed by atoms with van der Waals surface area (Å²) in [5.41, 5.74) is 3.38. The third kappa shape index (κ3) is 5.70. The van der Waals surface area contributed by atoms with Gasteiger partial charge in [-0.2, -0.15) is 0 Å². The van der Waals surface area contributed by atoms with E-state index in [4.69, 9.17) is 9.47 Å². The van der Waals surface area contributed by atoms with E-state index in [9.17, 15) is 14.7 Å². The van der Waals surface area contributed by atoms with Gasteiger partial charge in [0.25, 0.3) is 11.7 Å². The molecule has 1 N–H and O–H groups in total. The highest BCUT2D eigenvalue weighted by molar-refractivity contribution is 6.46. The van der Waals surface area contributed by atoms with Crippen LogP contribution in [0.4, 0.5) is 0 Å². The first-order valence-corrected chi connectivity index (χ1v) is 13.8. The Morgan fingerprint density at radius 3 is 2.64 bits per heavy atom. The molecule has 202 valence electrons. The molecule has 2 heterocycles. The quantitative estimate of drug-likeness (QED) is 0.147. The maximum absolute atomic E-state index is 13.5. The van der Waals surface area contributed by atoms with Crippen LogP contribution in [-0.4, -0.2) is 41.0 Å². The van der Waals surface area contributed by atoms with Gasteiger partial charge in [-0.1, -0.05) is 62.2 Å². The van der Waals surface area contributed by atoms with E-state index in [-0.39, 0.29) is 17.4 Å². The smallest absolute Gasteiger partial charge is 0.295 e. The topological polar surface area (TPSA) is 76.1 Å². The first-order chi connectivity index (χ1) is 19.0. The molecule has 2 aliphatic rings. The van der Waals surface area contributed by atoms with Gasteiger partial charge in [-0.25, -0.2) is 0 Å². The molecule has 1 amide bonds. The molecule has 6 nitrogen and oxygen atoms in total. The van der Waals surface area contributed by atoms with Crippen molar-refractivity contribution in [1.29, 1.82) is 0 Å². The van der Waals surface area contributed by atoms with Crippen molar-refractivity contribution >= 4 is 17.4 Å². The number of carbonyl (C=O) groups is 2. The summed E-state index contributed by atoms with van der Waals surface area (Å²) < 4.78 is 11.8. The van der Waals surface area contributed by atoms with Crippen molar-refractivity contribution in [2.45, 2.75) is 58.1 Å². The van der Waals surface area contributed by atoms with Crippen LogP contribution in [0.15, 0.2) is 78.4 Å². The van der Waals surface area contributed by atoms with Gasteiger partial charge in [-0.15, -0.1) is 0 Å². The number of aliphatic hydroxyl groups excluding tert-OH is 1. The molecule has 6 heteroatoms. The monoisotopic (exact) mass is 525 g/mol. The summed E-state index contributed by atoms with van der Waals surface area (Å²) in [4.78, 5) is 28.4. The molecule has 0 aromatic heterocycles. The molecule has 1 saturated heterocycles. The average Bonchev–Trinajstić information content (AvgIpc) is 3.45. The summed E-state index contributed by atoms with van der Waals surface area (Å²) >= 11 is 0. The first-order valence-electron chi connectivity index (χ1n) is 13.8. The van der Waals surface area contributed by atoms with Gasteiger partial charge in [0.2, 0.25) is 0 Å². The summed E-state index contributed by atoms with van der Waals surface area (Å²) in [7, 11) is 0. The van der Waals surface area contributed by atoms with Crippen LogP contribution in [0.2, 0.25) is 0 Å². The van der Waals surface area contributed by atoms with Gasteiger partial charge < -0.3 is 19.5 Å². The van der Waals surface area contributed by atoms with Crippen molar-refractivity contribution in [2.75, 3.05) is 13.2 Å². The second-order valence-corrected chi connectivity index (χ2v) is 10.3. The van der Waals surface area contributed by atoms with Crippen LogP contribution in [-0.2, 0) is 22.4 Å². The van der Waals surface area contributed by atoms with Crippen molar-refractivity contribution in [3.63, 3.8) is 0 Å². The Kier molecular flexibility index (Phi) is 8.01. The predicted molar refractivity (Wildman–Crippen MR) is 151 cm³/mol. The zero-order valence-electron chi connectivity index (χ0n) is 22.6. The third-order valence-corrected chi connectivity index (χ3v) is 7.38. The Bertz CT molecular complexity index is 1380. The molecule has 39 heavy (non-hydrogen) atoms. The number of ether oxygens (including phenoxy) is 2. The molecule has 0 saturated carbocycles. The number of benzene rings is 3. The normalized spacial score (nSPS) is 19.7. The summed E-state index contributed by atoms with van der Waals surface area (Å²) in [5.74, 6) is 0.0137. The highest BCUT2D eigenvalue weighted by Crippen LogP contribution is 2.41. The second kappa shape index (κ2) is 11.8. The van der Waals surface area contributed by atoms with E-state index in [1.54, 1.807) is 11.0 Å². The van der Waals surface area contributed by atoms with Gasteiger partial charge in [0.05, 0.1) is 18.2 Å². The maximum Gasteiger partial charge on any atom is 0.295 e. The van der Waals surface area contributed by atoms with Crippen molar-refractivity contribution < 1.29 is 24.2 Å². The minimum absolute atomic E-state index is 0.0565. The number of Topliss-reactive ketones (excluding diaryl/α,β-unsaturated/α-hetero) is 1. The summed E-state index contributed by atoms with van der Waals surface area (Å²) in [6.07, 6.45) is 4.52. The zero-order valence-corrected chi connectivity index (χ0v) is 22.6. The number of hydrogen-bond donors (Lipinski definition) is 1. The number of likely N-dealkylation sites (tertiary alicyclic amines) is 1. The Morgan fingerprint density at radius 1 is 1.03 bits per heavy atom. The summed E-state index contributed by atoms with van der Waals surface area (Å²) in [6.45, 7) is 5.08. The molecule has 5 rings (SSSR count). The van der Waals surface area contributed by atoms with Crippen LogP contribution < -0.4 is 9.47 Å². The van der Waals surface area contributed by atoms with Crippen molar-refractivity contribution in [2.24, 2.45) is 0 Å². The fourth-order valence-corrected chi connectivity index (χ4v) is 5.39. The Labute approximate surface area is 229 Å². The lowest BCUT2D eigenvalue weighted by Gasteiger charge is -2.26.